The zero-order chi connectivity index (χ0) is 12.7. The molecule has 0 saturated carbocycles. The van der Waals surface area contributed by atoms with E-state index in [0.29, 0.717) is 22.6 Å². The van der Waals surface area contributed by atoms with Gasteiger partial charge in [-0.05, 0) is 13.8 Å². The van der Waals surface area contributed by atoms with E-state index in [1.165, 1.54) is 18.0 Å². The van der Waals surface area contributed by atoms with Gasteiger partial charge in [0.15, 0.2) is 0 Å². The molecule has 0 aliphatic heterocycles. The summed E-state index contributed by atoms with van der Waals surface area (Å²) in [5.41, 5.74) is 0. The highest BCUT2D eigenvalue weighted by Crippen LogP contribution is 2.25. The molecule has 0 aromatic carbocycles. The molecule has 0 fully saturated rings. The van der Waals surface area contributed by atoms with Crippen molar-refractivity contribution in [1.29, 1.82) is 0 Å². The van der Waals surface area contributed by atoms with Crippen LogP contribution < -0.4 is 5.32 Å². The third-order valence-electron chi connectivity index (χ3n) is 1.68. The molecule has 1 aromatic heterocycles. The summed E-state index contributed by atoms with van der Waals surface area (Å²) >= 11 is 7.17. The number of nitrogens with zero attached hydrogens (tertiary/aromatic N) is 2. The second-order valence-electron chi connectivity index (χ2n) is 2.97. The van der Waals surface area contributed by atoms with Crippen molar-refractivity contribution in [2.45, 2.75) is 18.9 Å². The minimum absolute atomic E-state index is 0.191. The lowest BCUT2D eigenvalue weighted by atomic mass is 10.6. The van der Waals surface area contributed by atoms with E-state index in [1.54, 1.807) is 6.92 Å². The smallest absolute Gasteiger partial charge is 0.316 e. The number of carbonyl (C=O) groups is 1. The van der Waals surface area contributed by atoms with Gasteiger partial charge in [0.1, 0.15) is 5.03 Å². The minimum atomic E-state index is -0.280. The molecule has 0 aliphatic carbocycles. The van der Waals surface area contributed by atoms with Crippen molar-refractivity contribution in [1.82, 2.24) is 9.97 Å². The van der Waals surface area contributed by atoms with Crippen molar-refractivity contribution >= 4 is 35.3 Å². The maximum Gasteiger partial charge on any atom is 0.316 e. The highest BCUT2D eigenvalue weighted by molar-refractivity contribution is 8.00. The van der Waals surface area contributed by atoms with Gasteiger partial charge in [-0.25, -0.2) is 9.97 Å². The number of anilines is 1. The minimum Gasteiger partial charge on any atom is -0.465 e. The van der Waals surface area contributed by atoms with E-state index in [2.05, 4.69) is 15.3 Å². The van der Waals surface area contributed by atoms with E-state index in [9.17, 15) is 4.79 Å². The summed E-state index contributed by atoms with van der Waals surface area (Å²) in [6, 6.07) is 0. The average molecular weight is 276 g/mol. The molecule has 17 heavy (non-hydrogen) atoms. The number of hydrogen-bond acceptors (Lipinski definition) is 6. The Labute approximate surface area is 109 Å². The molecular weight excluding hydrogens is 262 g/mol. The van der Waals surface area contributed by atoms with Crippen LogP contribution in [0.25, 0.3) is 0 Å². The standard InChI is InChI=1S/C10H14ClN3O2S/c1-3-12-10-13-5-7(11)9(14-10)17-6-8(15)16-4-2/h5H,3-4,6H2,1-2H3,(H,12,13,14). The summed E-state index contributed by atoms with van der Waals surface area (Å²) in [7, 11) is 0. The van der Waals surface area contributed by atoms with Gasteiger partial charge in [0.05, 0.1) is 23.6 Å². The molecule has 1 rings (SSSR count). The molecule has 0 saturated heterocycles. The Kier molecular flexibility index (Phi) is 6.07. The second-order valence-corrected chi connectivity index (χ2v) is 4.34. The quantitative estimate of drug-likeness (QED) is 0.488. The Morgan fingerprint density at radius 2 is 2.35 bits per heavy atom. The van der Waals surface area contributed by atoms with Crippen molar-refractivity contribution in [2.75, 3.05) is 24.2 Å². The first kappa shape index (κ1) is 14.1. The molecule has 0 aliphatic rings. The number of hydrogen-bond donors (Lipinski definition) is 1. The Morgan fingerprint density at radius 1 is 1.59 bits per heavy atom. The molecule has 5 nitrogen and oxygen atoms in total. The number of ether oxygens (including phenoxy) is 1. The molecule has 0 atom stereocenters. The highest BCUT2D eigenvalue weighted by Gasteiger charge is 2.09. The first-order valence-corrected chi connectivity index (χ1v) is 6.58. The van der Waals surface area contributed by atoms with Gasteiger partial charge >= 0.3 is 5.97 Å². The van der Waals surface area contributed by atoms with E-state index in [-0.39, 0.29) is 11.7 Å². The number of nitrogens with one attached hydrogen (secondary N) is 1. The molecule has 0 amide bonds. The van der Waals surface area contributed by atoms with Gasteiger partial charge in [-0.3, -0.25) is 4.79 Å². The lowest BCUT2D eigenvalue weighted by Crippen LogP contribution is -2.07. The fourth-order valence-corrected chi connectivity index (χ4v) is 1.96. The molecule has 0 unspecified atom stereocenters. The predicted octanol–water partition coefficient (Wildman–Crippen LogP) is 2.22. The average Bonchev–Trinajstić information content (AvgIpc) is 2.30. The van der Waals surface area contributed by atoms with Crippen LogP contribution in [0.3, 0.4) is 0 Å². The van der Waals surface area contributed by atoms with Crippen LogP contribution in [0, 0.1) is 0 Å². The van der Waals surface area contributed by atoms with Gasteiger partial charge in [-0.2, -0.15) is 0 Å². The van der Waals surface area contributed by atoms with Crippen molar-refractivity contribution in [3.8, 4) is 0 Å². The molecule has 0 radical (unpaired) electrons. The number of esters is 1. The molecule has 0 spiro atoms. The fraction of sp³-hybridized carbons (Fsp3) is 0.500. The number of halogens is 1. The van der Waals surface area contributed by atoms with Gasteiger partial charge in [-0.1, -0.05) is 23.4 Å². The van der Waals surface area contributed by atoms with Gasteiger partial charge in [0, 0.05) is 6.54 Å². The highest BCUT2D eigenvalue weighted by atomic mass is 35.5. The molecule has 7 heteroatoms. The summed E-state index contributed by atoms with van der Waals surface area (Å²) in [4.78, 5) is 19.4. The molecule has 1 aromatic rings. The zero-order valence-corrected chi connectivity index (χ0v) is 11.3. The van der Waals surface area contributed by atoms with E-state index in [4.69, 9.17) is 16.3 Å². The fourth-order valence-electron chi connectivity index (χ4n) is 1.03. The maximum atomic E-state index is 11.2. The van der Waals surface area contributed by atoms with E-state index >= 15 is 0 Å². The van der Waals surface area contributed by atoms with Crippen LogP contribution >= 0.6 is 23.4 Å². The van der Waals surface area contributed by atoms with Crippen molar-refractivity contribution in [2.24, 2.45) is 0 Å². The van der Waals surface area contributed by atoms with Crippen LogP contribution in [-0.2, 0) is 9.53 Å². The van der Waals surface area contributed by atoms with Gasteiger partial charge in [-0.15, -0.1) is 0 Å². The third kappa shape index (κ3) is 4.79. The van der Waals surface area contributed by atoms with E-state index < -0.39 is 0 Å². The molecule has 0 bridgehead atoms. The first-order valence-electron chi connectivity index (χ1n) is 5.22. The first-order chi connectivity index (χ1) is 8.17. The molecule has 1 N–H and O–H groups in total. The summed E-state index contributed by atoms with van der Waals surface area (Å²) in [5.74, 6) is 0.413. The number of rotatable bonds is 6. The number of carbonyl (C=O) groups excluding carboxylic acids is 1. The van der Waals surface area contributed by atoms with Crippen molar-refractivity contribution in [3.05, 3.63) is 11.2 Å². The number of aromatic nitrogens is 2. The number of thioether (sulfide) groups is 1. The lowest BCUT2D eigenvalue weighted by Gasteiger charge is -2.06. The van der Waals surface area contributed by atoms with Crippen LogP contribution in [0.1, 0.15) is 13.8 Å². The summed E-state index contributed by atoms with van der Waals surface area (Å²) in [6.07, 6.45) is 1.51. The predicted molar refractivity (Wildman–Crippen MR) is 68.6 cm³/mol. The zero-order valence-electron chi connectivity index (χ0n) is 9.70. The summed E-state index contributed by atoms with van der Waals surface area (Å²) in [6.45, 7) is 4.82. The molecule has 94 valence electrons. The third-order valence-corrected chi connectivity index (χ3v) is 3.03. The Bertz CT molecular complexity index is 390. The van der Waals surface area contributed by atoms with Gasteiger partial charge in [0.25, 0.3) is 0 Å². The summed E-state index contributed by atoms with van der Waals surface area (Å²) in [5, 5.41) is 3.98. The topological polar surface area (TPSA) is 64.1 Å². The largest absolute Gasteiger partial charge is 0.465 e. The SMILES string of the molecule is CCNc1ncc(Cl)c(SCC(=O)OCC)n1. The Hall–Kier alpha value is -1.01. The Morgan fingerprint density at radius 3 is 3.00 bits per heavy atom. The van der Waals surface area contributed by atoms with Gasteiger partial charge in [0.2, 0.25) is 5.95 Å². The second kappa shape index (κ2) is 7.34. The Balaban J connectivity index is 2.62. The maximum absolute atomic E-state index is 11.2. The van der Waals surface area contributed by atoms with Crippen molar-refractivity contribution in [3.63, 3.8) is 0 Å². The van der Waals surface area contributed by atoms with Crippen molar-refractivity contribution < 1.29 is 9.53 Å². The molecular formula is C10H14ClN3O2S. The normalized spacial score (nSPS) is 10.1. The van der Waals surface area contributed by atoms with Crippen LogP contribution in [0.2, 0.25) is 5.02 Å². The van der Waals surface area contributed by atoms with Crippen LogP contribution in [0.5, 0.6) is 0 Å². The lowest BCUT2D eigenvalue weighted by molar-refractivity contribution is -0.139. The van der Waals surface area contributed by atoms with Crippen LogP contribution in [0.15, 0.2) is 11.2 Å². The van der Waals surface area contributed by atoms with E-state index in [1.807, 2.05) is 6.92 Å². The van der Waals surface area contributed by atoms with Gasteiger partial charge < -0.3 is 10.1 Å². The monoisotopic (exact) mass is 275 g/mol. The summed E-state index contributed by atoms with van der Waals surface area (Å²) < 4.78 is 4.82. The van der Waals surface area contributed by atoms with Crippen LogP contribution in [-0.4, -0.2) is 34.8 Å². The van der Waals surface area contributed by atoms with Crippen LogP contribution in [0.4, 0.5) is 5.95 Å². The van der Waals surface area contributed by atoms with E-state index in [0.717, 1.165) is 6.54 Å². The molecule has 1 heterocycles.